The summed E-state index contributed by atoms with van der Waals surface area (Å²) in [6.45, 7) is -0.644. The third-order valence-corrected chi connectivity index (χ3v) is 2.02. The van der Waals surface area contributed by atoms with Crippen LogP contribution in [-0.4, -0.2) is 24.8 Å². The average Bonchev–Trinajstić information content (AvgIpc) is 2.31. The summed E-state index contributed by atoms with van der Waals surface area (Å²) in [6, 6.07) is 1.94. The molecule has 0 bridgehead atoms. The first-order valence-electron chi connectivity index (χ1n) is 4.87. The minimum Gasteiger partial charge on any atom is -0.487 e. The quantitative estimate of drug-likeness (QED) is 0.798. The van der Waals surface area contributed by atoms with Crippen LogP contribution in [0.5, 0.6) is 5.75 Å². The van der Waals surface area contributed by atoms with E-state index < -0.39 is 30.0 Å². The monoisotopic (exact) mass is 246 g/mol. The van der Waals surface area contributed by atoms with Gasteiger partial charge in [0.05, 0.1) is 26.7 Å². The van der Waals surface area contributed by atoms with Crippen molar-refractivity contribution in [1.29, 1.82) is 0 Å². The predicted octanol–water partition coefficient (Wildman–Crippen LogP) is 1.40. The maximum Gasteiger partial charge on any atom is 0.308 e. The van der Waals surface area contributed by atoms with Gasteiger partial charge in [0.15, 0.2) is 17.4 Å². The number of methoxy groups -OCH3 is 1. The van der Waals surface area contributed by atoms with Gasteiger partial charge in [-0.2, -0.15) is 0 Å². The molecule has 0 unspecified atom stereocenters. The average molecular weight is 246 g/mol. The molecule has 94 valence electrons. The summed E-state index contributed by atoms with van der Waals surface area (Å²) in [7, 11) is 1.21. The van der Waals surface area contributed by atoms with Crippen molar-refractivity contribution >= 4 is 5.97 Å². The zero-order valence-electron chi connectivity index (χ0n) is 9.20. The van der Waals surface area contributed by atoms with E-state index in [1.165, 1.54) is 7.11 Å². The summed E-state index contributed by atoms with van der Waals surface area (Å²) in [5.74, 6) is -2.93. The Morgan fingerprint density at radius 3 is 2.41 bits per heavy atom. The molecular formula is C11H12F2O4. The van der Waals surface area contributed by atoms with Gasteiger partial charge in [-0.1, -0.05) is 0 Å². The first-order chi connectivity index (χ1) is 8.08. The molecule has 1 aromatic rings. The van der Waals surface area contributed by atoms with Crippen molar-refractivity contribution in [1.82, 2.24) is 0 Å². The van der Waals surface area contributed by atoms with Crippen LogP contribution < -0.4 is 4.74 Å². The highest BCUT2D eigenvalue weighted by Crippen LogP contribution is 2.23. The van der Waals surface area contributed by atoms with Gasteiger partial charge in [-0.05, 0) is 17.7 Å². The lowest BCUT2D eigenvalue weighted by atomic mass is 10.2. The molecule has 0 radical (unpaired) electrons. The molecule has 0 fully saturated rings. The summed E-state index contributed by atoms with van der Waals surface area (Å²) in [5.41, 5.74) is 0.111. The Morgan fingerprint density at radius 1 is 1.35 bits per heavy atom. The Balaban J connectivity index is 2.68. The van der Waals surface area contributed by atoms with Gasteiger partial charge >= 0.3 is 5.97 Å². The highest BCUT2D eigenvalue weighted by Gasteiger charge is 2.13. The molecular weight excluding hydrogens is 234 g/mol. The first kappa shape index (κ1) is 13.4. The smallest absolute Gasteiger partial charge is 0.308 e. The number of rotatable bonds is 5. The van der Waals surface area contributed by atoms with Crippen molar-refractivity contribution in [3.8, 4) is 5.75 Å². The fraction of sp³-hybridized carbons (Fsp3) is 0.364. The largest absolute Gasteiger partial charge is 0.487 e. The standard InChI is InChI=1S/C11H12F2O4/c1-16-10(15)2-3-17-11-8(12)4-7(6-14)5-9(11)13/h4-5,14H,2-3,6H2,1H3. The van der Waals surface area contributed by atoms with Gasteiger partial charge in [-0.25, -0.2) is 8.78 Å². The predicted molar refractivity (Wildman–Crippen MR) is 54.4 cm³/mol. The normalized spacial score (nSPS) is 10.1. The van der Waals surface area contributed by atoms with Crippen molar-refractivity contribution in [2.45, 2.75) is 13.0 Å². The van der Waals surface area contributed by atoms with Gasteiger partial charge in [-0.3, -0.25) is 4.79 Å². The molecule has 4 nitrogen and oxygen atoms in total. The molecule has 0 saturated heterocycles. The maximum atomic E-state index is 13.3. The molecule has 0 atom stereocenters. The van der Waals surface area contributed by atoms with Gasteiger partial charge in [0.2, 0.25) is 0 Å². The SMILES string of the molecule is COC(=O)CCOc1c(F)cc(CO)cc1F. The van der Waals surface area contributed by atoms with Crippen LogP contribution in [0.1, 0.15) is 12.0 Å². The van der Waals surface area contributed by atoms with E-state index in [-0.39, 0.29) is 18.6 Å². The minimum absolute atomic E-state index is 0.100. The molecule has 1 N–H and O–H groups in total. The number of esters is 1. The summed E-state index contributed by atoms with van der Waals surface area (Å²) in [5, 5.41) is 8.72. The van der Waals surface area contributed by atoms with E-state index in [0.717, 1.165) is 12.1 Å². The van der Waals surface area contributed by atoms with Crippen LogP contribution in [0.2, 0.25) is 0 Å². The lowest BCUT2D eigenvalue weighted by Crippen LogP contribution is -2.09. The van der Waals surface area contributed by atoms with E-state index in [2.05, 4.69) is 4.74 Å². The first-order valence-corrected chi connectivity index (χ1v) is 4.87. The molecule has 0 aromatic heterocycles. The zero-order chi connectivity index (χ0) is 12.8. The topological polar surface area (TPSA) is 55.8 Å². The lowest BCUT2D eigenvalue weighted by Gasteiger charge is -2.08. The van der Waals surface area contributed by atoms with Crippen molar-refractivity contribution < 1.29 is 28.2 Å². The number of benzene rings is 1. The van der Waals surface area contributed by atoms with Crippen molar-refractivity contribution in [2.75, 3.05) is 13.7 Å². The molecule has 0 amide bonds. The van der Waals surface area contributed by atoms with Gasteiger partial charge < -0.3 is 14.6 Å². The second-order valence-electron chi connectivity index (χ2n) is 3.22. The Kier molecular flexibility index (Phi) is 4.84. The minimum atomic E-state index is -0.918. The Labute approximate surface area is 96.8 Å². The Hall–Kier alpha value is -1.69. The third kappa shape index (κ3) is 3.67. The van der Waals surface area contributed by atoms with Crippen LogP contribution in [0.4, 0.5) is 8.78 Å². The van der Waals surface area contributed by atoms with Gasteiger partial charge in [0.1, 0.15) is 0 Å². The Bertz CT molecular complexity index is 383. The highest BCUT2D eigenvalue weighted by molar-refractivity contribution is 5.69. The van der Waals surface area contributed by atoms with Crippen LogP contribution in [-0.2, 0) is 16.1 Å². The lowest BCUT2D eigenvalue weighted by molar-refractivity contribution is -0.141. The van der Waals surface area contributed by atoms with E-state index in [1.807, 2.05) is 0 Å². The summed E-state index contributed by atoms with van der Waals surface area (Å²) in [6.07, 6.45) is -0.100. The number of hydrogen-bond donors (Lipinski definition) is 1. The van der Waals surface area contributed by atoms with Crippen LogP contribution in [0.25, 0.3) is 0 Å². The fourth-order valence-electron chi connectivity index (χ4n) is 1.18. The second kappa shape index (κ2) is 6.15. The third-order valence-electron chi connectivity index (χ3n) is 2.02. The van der Waals surface area contributed by atoms with Crippen molar-refractivity contribution in [3.63, 3.8) is 0 Å². The molecule has 0 aliphatic heterocycles. The van der Waals surface area contributed by atoms with E-state index in [1.54, 1.807) is 0 Å². The van der Waals surface area contributed by atoms with Crippen molar-refractivity contribution in [3.05, 3.63) is 29.3 Å². The molecule has 0 aliphatic rings. The second-order valence-corrected chi connectivity index (χ2v) is 3.22. The van der Waals surface area contributed by atoms with Gasteiger partial charge in [-0.15, -0.1) is 0 Å². The Morgan fingerprint density at radius 2 is 1.94 bits per heavy atom. The molecule has 0 saturated carbocycles. The zero-order valence-corrected chi connectivity index (χ0v) is 9.20. The summed E-state index contributed by atoms with van der Waals surface area (Å²) >= 11 is 0. The van der Waals surface area contributed by atoms with Crippen LogP contribution in [0.15, 0.2) is 12.1 Å². The molecule has 1 rings (SSSR count). The molecule has 0 heterocycles. The molecule has 6 heteroatoms. The molecule has 1 aromatic carbocycles. The number of carbonyl (C=O) groups excluding carboxylic acids is 1. The number of halogens is 2. The molecule has 0 aliphatic carbocycles. The van der Waals surface area contributed by atoms with Crippen LogP contribution >= 0.6 is 0 Å². The van der Waals surface area contributed by atoms with Gasteiger partial charge in [0.25, 0.3) is 0 Å². The highest BCUT2D eigenvalue weighted by atomic mass is 19.1. The number of aliphatic hydroxyl groups is 1. The fourth-order valence-corrected chi connectivity index (χ4v) is 1.18. The van der Waals surface area contributed by atoms with Crippen LogP contribution in [0.3, 0.4) is 0 Å². The molecule has 17 heavy (non-hydrogen) atoms. The van der Waals surface area contributed by atoms with E-state index in [9.17, 15) is 13.6 Å². The van der Waals surface area contributed by atoms with E-state index >= 15 is 0 Å². The number of hydrogen-bond acceptors (Lipinski definition) is 4. The summed E-state index contributed by atoms with van der Waals surface area (Å²) in [4.78, 5) is 10.7. The molecule has 0 spiro atoms. The van der Waals surface area contributed by atoms with E-state index in [4.69, 9.17) is 9.84 Å². The van der Waals surface area contributed by atoms with Crippen molar-refractivity contribution in [2.24, 2.45) is 0 Å². The number of carbonyl (C=O) groups is 1. The number of aliphatic hydroxyl groups excluding tert-OH is 1. The van der Waals surface area contributed by atoms with Gasteiger partial charge in [0, 0.05) is 0 Å². The summed E-state index contributed by atoms with van der Waals surface area (Å²) < 4.78 is 35.8. The number of ether oxygens (including phenoxy) is 2. The maximum absolute atomic E-state index is 13.3. The van der Waals surface area contributed by atoms with Crippen LogP contribution in [0, 0.1) is 11.6 Å². The van der Waals surface area contributed by atoms with E-state index in [0.29, 0.717) is 0 Å².